The minimum Gasteiger partial charge on any atom is -0.393 e. The van der Waals surface area contributed by atoms with Crippen LogP contribution in [-0.2, 0) is 6.42 Å². The van der Waals surface area contributed by atoms with Gasteiger partial charge in [0.25, 0.3) is 0 Å². The highest BCUT2D eigenvalue weighted by Crippen LogP contribution is 2.14. The van der Waals surface area contributed by atoms with Crippen LogP contribution in [0, 0.1) is 0 Å². The third kappa shape index (κ3) is 4.58. The highest BCUT2D eigenvalue weighted by Gasteiger charge is 2.18. The maximum atomic E-state index is 9.87. The molecule has 0 aliphatic carbocycles. The second kappa shape index (κ2) is 4.76. The Bertz CT molecular complexity index is 263. The predicted molar refractivity (Wildman–Crippen MR) is 64.3 cm³/mol. The summed E-state index contributed by atoms with van der Waals surface area (Å²) in [6.45, 7) is 6.88. The molecule has 0 saturated heterocycles. The summed E-state index contributed by atoms with van der Waals surface area (Å²) in [5, 5.41) is 9.87. The van der Waals surface area contributed by atoms with E-state index in [1.54, 1.807) is 0 Å². The van der Waals surface area contributed by atoms with E-state index < -0.39 is 8.07 Å². The van der Waals surface area contributed by atoms with E-state index in [9.17, 15) is 5.11 Å². The van der Waals surface area contributed by atoms with Gasteiger partial charge in [0.05, 0.1) is 6.10 Å². The lowest BCUT2D eigenvalue weighted by Gasteiger charge is -2.20. The number of aliphatic hydroxyl groups excluding tert-OH is 1. The zero-order valence-electron chi connectivity index (χ0n) is 9.33. The van der Waals surface area contributed by atoms with Crippen LogP contribution in [0.3, 0.4) is 0 Å². The summed E-state index contributed by atoms with van der Waals surface area (Å²) in [5.41, 5.74) is 1.23. The Morgan fingerprint density at radius 1 is 1.14 bits per heavy atom. The fourth-order valence-corrected chi connectivity index (χ4v) is 3.22. The van der Waals surface area contributed by atoms with Crippen molar-refractivity contribution in [3.63, 3.8) is 0 Å². The molecule has 0 unspecified atom stereocenters. The lowest BCUT2D eigenvalue weighted by molar-refractivity contribution is 0.193. The third-order valence-corrected chi connectivity index (χ3v) is 3.86. The van der Waals surface area contributed by atoms with E-state index in [1.165, 1.54) is 5.56 Å². The van der Waals surface area contributed by atoms with Gasteiger partial charge in [-0.25, -0.2) is 0 Å². The van der Waals surface area contributed by atoms with E-state index in [4.69, 9.17) is 0 Å². The minimum atomic E-state index is -1.12. The second-order valence-electron chi connectivity index (χ2n) is 5.11. The van der Waals surface area contributed by atoms with Gasteiger partial charge < -0.3 is 5.11 Å². The second-order valence-corrected chi connectivity index (χ2v) is 10.6. The Morgan fingerprint density at radius 2 is 1.71 bits per heavy atom. The van der Waals surface area contributed by atoms with Crippen molar-refractivity contribution in [1.82, 2.24) is 0 Å². The van der Waals surface area contributed by atoms with Crippen LogP contribution < -0.4 is 0 Å². The standard InChI is InChI=1S/C12H20OSi/c1-14(2,3)10-12(13)9-11-7-5-4-6-8-11/h4-8,12-13H,9-10H2,1-3H3/t12-/m0/s1. The molecule has 0 aliphatic rings. The number of hydrogen-bond donors (Lipinski definition) is 1. The van der Waals surface area contributed by atoms with Crippen LogP contribution in [0.2, 0.25) is 25.7 Å². The third-order valence-electron chi connectivity index (χ3n) is 2.16. The number of benzene rings is 1. The van der Waals surface area contributed by atoms with Crippen molar-refractivity contribution < 1.29 is 5.11 Å². The van der Waals surface area contributed by atoms with Crippen LogP contribution in [0.15, 0.2) is 30.3 Å². The van der Waals surface area contributed by atoms with Crippen LogP contribution >= 0.6 is 0 Å². The lowest BCUT2D eigenvalue weighted by atomic mass is 10.1. The fourth-order valence-electron chi connectivity index (χ4n) is 1.67. The number of hydrogen-bond acceptors (Lipinski definition) is 1. The summed E-state index contributed by atoms with van der Waals surface area (Å²) in [5.74, 6) is 0. The molecule has 0 aliphatic heterocycles. The van der Waals surface area contributed by atoms with Crippen LogP contribution in [0.4, 0.5) is 0 Å². The Balaban J connectivity index is 2.46. The zero-order valence-corrected chi connectivity index (χ0v) is 10.3. The maximum absolute atomic E-state index is 9.87. The van der Waals surface area contributed by atoms with Gasteiger partial charge in [0.15, 0.2) is 0 Å². The highest BCUT2D eigenvalue weighted by molar-refractivity contribution is 6.76. The van der Waals surface area contributed by atoms with Gasteiger partial charge in [-0.05, 0) is 18.0 Å². The van der Waals surface area contributed by atoms with Gasteiger partial charge in [-0.2, -0.15) is 0 Å². The molecule has 0 fully saturated rings. The van der Waals surface area contributed by atoms with E-state index in [0.717, 1.165) is 12.5 Å². The monoisotopic (exact) mass is 208 g/mol. The molecule has 1 atom stereocenters. The van der Waals surface area contributed by atoms with Gasteiger partial charge in [0, 0.05) is 8.07 Å². The molecule has 1 aromatic carbocycles. The van der Waals surface area contributed by atoms with Gasteiger partial charge in [-0.3, -0.25) is 0 Å². The van der Waals surface area contributed by atoms with E-state index in [0.29, 0.717) is 0 Å². The van der Waals surface area contributed by atoms with Gasteiger partial charge in [-0.1, -0.05) is 50.0 Å². The molecule has 1 aromatic rings. The summed E-state index contributed by atoms with van der Waals surface area (Å²) < 4.78 is 0. The molecule has 1 N–H and O–H groups in total. The van der Waals surface area contributed by atoms with Crippen molar-refractivity contribution in [2.45, 2.75) is 38.2 Å². The van der Waals surface area contributed by atoms with Crippen molar-refractivity contribution in [2.24, 2.45) is 0 Å². The first-order valence-electron chi connectivity index (χ1n) is 5.19. The van der Waals surface area contributed by atoms with Gasteiger partial charge >= 0.3 is 0 Å². The fraction of sp³-hybridized carbons (Fsp3) is 0.500. The molecule has 0 amide bonds. The van der Waals surface area contributed by atoms with Crippen molar-refractivity contribution in [2.75, 3.05) is 0 Å². The number of rotatable bonds is 4. The molecule has 0 aromatic heterocycles. The normalized spacial score (nSPS) is 14.0. The van der Waals surface area contributed by atoms with Crippen LogP contribution in [0.25, 0.3) is 0 Å². The molecule has 0 saturated carbocycles. The molecule has 0 heterocycles. The molecule has 0 radical (unpaired) electrons. The maximum Gasteiger partial charge on any atom is 0.0557 e. The molecule has 14 heavy (non-hydrogen) atoms. The Morgan fingerprint density at radius 3 is 2.21 bits per heavy atom. The van der Waals surface area contributed by atoms with Crippen molar-refractivity contribution in [3.8, 4) is 0 Å². The Labute approximate surface area is 87.8 Å². The van der Waals surface area contributed by atoms with Gasteiger partial charge in [-0.15, -0.1) is 0 Å². The molecule has 0 bridgehead atoms. The van der Waals surface area contributed by atoms with E-state index >= 15 is 0 Å². The first-order valence-corrected chi connectivity index (χ1v) is 8.90. The van der Waals surface area contributed by atoms with Gasteiger partial charge in [0.2, 0.25) is 0 Å². The Kier molecular flexibility index (Phi) is 3.90. The molecule has 1 rings (SSSR count). The zero-order chi connectivity index (χ0) is 10.6. The average Bonchev–Trinajstić information content (AvgIpc) is 2.02. The molecule has 2 heteroatoms. The average molecular weight is 208 g/mol. The lowest BCUT2D eigenvalue weighted by Crippen LogP contribution is -2.27. The minimum absolute atomic E-state index is 0.163. The van der Waals surface area contributed by atoms with Crippen molar-refractivity contribution >= 4 is 8.07 Å². The topological polar surface area (TPSA) is 20.2 Å². The van der Waals surface area contributed by atoms with Crippen LogP contribution in [-0.4, -0.2) is 19.3 Å². The molecule has 0 spiro atoms. The summed E-state index contributed by atoms with van der Waals surface area (Å²) in [6, 6.07) is 11.2. The van der Waals surface area contributed by atoms with Crippen molar-refractivity contribution in [3.05, 3.63) is 35.9 Å². The highest BCUT2D eigenvalue weighted by atomic mass is 28.3. The molecular weight excluding hydrogens is 188 g/mol. The molecule has 1 nitrogen and oxygen atoms in total. The largest absolute Gasteiger partial charge is 0.393 e. The van der Waals surface area contributed by atoms with E-state index in [-0.39, 0.29) is 6.10 Å². The SMILES string of the molecule is C[Si](C)(C)C[C@@H](O)Cc1ccccc1. The summed E-state index contributed by atoms with van der Waals surface area (Å²) >= 11 is 0. The summed E-state index contributed by atoms with van der Waals surface area (Å²) in [6.07, 6.45) is 0.634. The first kappa shape index (κ1) is 11.5. The number of aliphatic hydroxyl groups is 1. The van der Waals surface area contributed by atoms with Crippen LogP contribution in [0.1, 0.15) is 5.56 Å². The molecule has 78 valence electrons. The van der Waals surface area contributed by atoms with Crippen LogP contribution in [0.5, 0.6) is 0 Å². The van der Waals surface area contributed by atoms with E-state index in [2.05, 4.69) is 31.8 Å². The van der Waals surface area contributed by atoms with Gasteiger partial charge in [0.1, 0.15) is 0 Å². The quantitative estimate of drug-likeness (QED) is 0.754. The van der Waals surface area contributed by atoms with E-state index in [1.807, 2.05) is 18.2 Å². The van der Waals surface area contributed by atoms with Crippen molar-refractivity contribution in [1.29, 1.82) is 0 Å². The predicted octanol–water partition coefficient (Wildman–Crippen LogP) is 2.93. The molecular formula is C12H20OSi. The summed E-state index contributed by atoms with van der Waals surface area (Å²) in [7, 11) is -1.12. The summed E-state index contributed by atoms with van der Waals surface area (Å²) in [4.78, 5) is 0. The first-order chi connectivity index (χ1) is 6.47. The Hall–Kier alpha value is -0.603. The smallest absolute Gasteiger partial charge is 0.0557 e.